The number of hydrogen-bond acceptors (Lipinski definition) is 5. The first kappa shape index (κ1) is 17.4. The van der Waals surface area contributed by atoms with Crippen molar-refractivity contribution < 1.29 is 14.3 Å². The summed E-state index contributed by atoms with van der Waals surface area (Å²) in [6, 6.07) is 9.43. The predicted octanol–water partition coefficient (Wildman–Crippen LogP) is 2.23. The summed E-state index contributed by atoms with van der Waals surface area (Å²) < 4.78 is 5.63. The van der Waals surface area contributed by atoms with E-state index in [2.05, 4.69) is 15.5 Å². The minimum atomic E-state index is -0.422. The van der Waals surface area contributed by atoms with Gasteiger partial charge in [-0.3, -0.25) is 0 Å². The number of nitrogens with one attached hydrogen (secondary N) is 1. The molecule has 1 aromatic carbocycles. The van der Waals surface area contributed by atoms with Crippen molar-refractivity contribution in [3.63, 3.8) is 0 Å². The van der Waals surface area contributed by atoms with Crippen molar-refractivity contribution in [2.24, 2.45) is 0 Å². The molecule has 2 heterocycles. The van der Waals surface area contributed by atoms with E-state index in [4.69, 9.17) is 4.42 Å². The number of aliphatic hydroxyl groups excluding tert-OH is 1. The number of rotatable bonds is 6. The van der Waals surface area contributed by atoms with Crippen molar-refractivity contribution in [1.82, 2.24) is 20.4 Å². The van der Waals surface area contributed by atoms with Crippen LogP contribution in [0.3, 0.4) is 0 Å². The zero-order chi connectivity index (χ0) is 17.7. The monoisotopic (exact) mass is 344 g/mol. The largest absolute Gasteiger partial charge is 0.421 e. The van der Waals surface area contributed by atoms with Crippen LogP contribution < -0.4 is 5.32 Å². The molecule has 0 saturated carbocycles. The molecule has 1 aliphatic heterocycles. The molecule has 2 aromatic rings. The lowest BCUT2D eigenvalue weighted by Gasteiger charge is -2.36. The molecule has 1 aliphatic rings. The van der Waals surface area contributed by atoms with Crippen LogP contribution >= 0.6 is 0 Å². The van der Waals surface area contributed by atoms with Crippen LogP contribution in [0.15, 0.2) is 34.7 Å². The molecule has 1 atom stereocenters. The Morgan fingerprint density at radius 3 is 2.88 bits per heavy atom. The Hall–Kier alpha value is -2.41. The first-order chi connectivity index (χ1) is 12.2. The van der Waals surface area contributed by atoms with E-state index < -0.39 is 5.54 Å². The zero-order valence-electron chi connectivity index (χ0n) is 14.4. The molecule has 1 unspecified atom stereocenters. The predicted molar refractivity (Wildman–Crippen MR) is 92.9 cm³/mol. The maximum atomic E-state index is 12.4. The standard InChI is InChI=1S/C18H24N4O3/c1-2-18(13-23)10-6-12-22(18)17(24)19-11-9-15-20-21-16(25-15)14-7-4-3-5-8-14/h3-5,7-8,23H,2,6,9-13H2,1H3,(H,19,24). The van der Waals surface area contributed by atoms with Crippen molar-refractivity contribution in [2.45, 2.75) is 38.1 Å². The van der Waals surface area contributed by atoms with Gasteiger partial charge in [-0.25, -0.2) is 4.79 Å². The van der Waals surface area contributed by atoms with E-state index in [0.717, 1.165) is 24.8 Å². The van der Waals surface area contributed by atoms with Crippen molar-refractivity contribution >= 4 is 6.03 Å². The molecule has 0 spiro atoms. The third-order valence-corrected chi connectivity index (χ3v) is 4.90. The minimum Gasteiger partial charge on any atom is -0.421 e. The number of hydrogen-bond donors (Lipinski definition) is 2. The molecular formula is C18H24N4O3. The Morgan fingerprint density at radius 2 is 2.16 bits per heavy atom. The van der Waals surface area contributed by atoms with Crippen LogP contribution in [0.25, 0.3) is 11.5 Å². The summed E-state index contributed by atoms with van der Waals surface area (Å²) in [5.74, 6) is 0.969. The van der Waals surface area contributed by atoms with Gasteiger partial charge in [-0.1, -0.05) is 25.1 Å². The van der Waals surface area contributed by atoms with Gasteiger partial charge in [0.25, 0.3) is 0 Å². The van der Waals surface area contributed by atoms with Gasteiger partial charge in [0.05, 0.1) is 12.1 Å². The van der Waals surface area contributed by atoms with Crippen molar-refractivity contribution in [1.29, 1.82) is 0 Å². The zero-order valence-corrected chi connectivity index (χ0v) is 14.4. The van der Waals surface area contributed by atoms with E-state index in [1.165, 1.54) is 0 Å². The maximum Gasteiger partial charge on any atom is 0.317 e. The number of urea groups is 1. The number of carbonyl (C=O) groups excluding carboxylic acids is 1. The first-order valence-electron chi connectivity index (χ1n) is 8.72. The summed E-state index contributed by atoms with van der Waals surface area (Å²) in [6.07, 6.45) is 2.99. The van der Waals surface area contributed by atoms with Gasteiger partial charge in [0.15, 0.2) is 0 Å². The smallest absolute Gasteiger partial charge is 0.317 e. The van der Waals surface area contributed by atoms with E-state index in [1.807, 2.05) is 37.3 Å². The molecule has 2 N–H and O–H groups in total. The molecule has 7 heteroatoms. The fourth-order valence-corrected chi connectivity index (χ4v) is 3.32. The first-order valence-corrected chi connectivity index (χ1v) is 8.72. The van der Waals surface area contributed by atoms with Gasteiger partial charge >= 0.3 is 6.03 Å². The number of carbonyl (C=O) groups is 1. The van der Waals surface area contributed by atoms with Crippen LogP contribution in [-0.2, 0) is 6.42 Å². The lowest BCUT2D eigenvalue weighted by molar-refractivity contribution is 0.0811. The average Bonchev–Trinajstić information content (AvgIpc) is 3.30. The Morgan fingerprint density at radius 1 is 1.36 bits per heavy atom. The number of aliphatic hydroxyl groups is 1. The van der Waals surface area contributed by atoms with Crippen molar-refractivity contribution in [2.75, 3.05) is 19.7 Å². The van der Waals surface area contributed by atoms with Crippen LogP contribution in [-0.4, -0.2) is 51.5 Å². The molecule has 0 bridgehead atoms. The fraction of sp³-hybridized carbons (Fsp3) is 0.500. The van der Waals surface area contributed by atoms with Crippen LogP contribution in [0, 0.1) is 0 Å². The molecule has 25 heavy (non-hydrogen) atoms. The second kappa shape index (κ2) is 7.65. The van der Waals surface area contributed by atoms with Gasteiger partial charge in [0, 0.05) is 25.1 Å². The molecule has 2 amide bonds. The Kier molecular flexibility index (Phi) is 5.33. The lowest BCUT2D eigenvalue weighted by atomic mass is 9.94. The average molecular weight is 344 g/mol. The molecule has 0 radical (unpaired) electrons. The Balaban J connectivity index is 1.53. The van der Waals surface area contributed by atoms with Gasteiger partial charge in [0.1, 0.15) is 0 Å². The number of nitrogens with zero attached hydrogens (tertiary/aromatic N) is 3. The van der Waals surface area contributed by atoms with E-state index >= 15 is 0 Å². The van der Waals surface area contributed by atoms with Gasteiger partial charge in [-0.2, -0.15) is 0 Å². The summed E-state index contributed by atoms with van der Waals surface area (Å²) >= 11 is 0. The number of amides is 2. The highest BCUT2D eigenvalue weighted by Crippen LogP contribution is 2.31. The maximum absolute atomic E-state index is 12.4. The van der Waals surface area contributed by atoms with Crippen LogP contribution in [0.2, 0.25) is 0 Å². The molecule has 3 rings (SSSR count). The molecule has 1 saturated heterocycles. The van der Waals surface area contributed by atoms with Crippen LogP contribution in [0.1, 0.15) is 32.1 Å². The third kappa shape index (κ3) is 3.66. The van der Waals surface area contributed by atoms with E-state index in [-0.39, 0.29) is 12.6 Å². The van der Waals surface area contributed by atoms with Gasteiger partial charge < -0.3 is 19.7 Å². The summed E-state index contributed by atoms with van der Waals surface area (Å²) in [4.78, 5) is 14.2. The van der Waals surface area contributed by atoms with Gasteiger partial charge in [0.2, 0.25) is 11.8 Å². The fourth-order valence-electron chi connectivity index (χ4n) is 3.32. The molecule has 1 aromatic heterocycles. The highest BCUT2D eigenvalue weighted by Gasteiger charge is 2.41. The number of benzene rings is 1. The Labute approximate surface area is 147 Å². The molecule has 134 valence electrons. The van der Waals surface area contributed by atoms with E-state index in [9.17, 15) is 9.90 Å². The molecule has 7 nitrogen and oxygen atoms in total. The summed E-state index contributed by atoms with van der Waals surface area (Å²) in [7, 11) is 0. The SMILES string of the molecule is CCC1(CO)CCCN1C(=O)NCCc1nnc(-c2ccccc2)o1. The normalized spacial score (nSPS) is 20.0. The highest BCUT2D eigenvalue weighted by molar-refractivity contribution is 5.75. The van der Waals surface area contributed by atoms with Crippen molar-refractivity contribution in [3.8, 4) is 11.5 Å². The number of aromatic nitrogens is 2. The molecule has 1 fully saturated rings. The number of likely N-dealkylation sites (tertiary alicyclic amines) is 1. The second-order valence-corrected chi connectivity index (χ2v) is 6.34. The van der Waals surface area contributed by atoms with E-state index in [0.29, 0.717) is 31.3 Å². The van der Waals surface area contributed by atoms with Gasteiger partial charge in [-0.05, 0) is 31.4 Å². The molecule has 0 aliphatic carbocycles. The third-order valence-electron chi connectivity index (χ3n) is 4.90. The summed E-state index contributed by atoms with van der Waals surface area (Å²) in [5, 5.41) is 20.7. The quantitative estimate of drug-likeness (QED) is 0.838. The lowest BCUT2D eigenvalue weighted by Crippen LogP contribution is -2.53. The topological polar surface area (TPSA) is 91.5 Å². The van der Waals surface area contributed by atoms with E-state index in [1.54, 1.807) is 4.90 Å². The molecular weight excluding hydrogens is 320 g/mol. The highest BCUT2D eigenvalue weighted by atomic mass is 16.4. The minimum absolute atomic E-state index is 0.00101. The van der Waals surface area contributed by atoms with Crippen LogP contribution in [0.4, 0.5) is 4.79 Å². The van der Waals surface area contributed by atoms with Crippen molar-refractivity contribution in [3.05, 3.63) is 36.2 Å². The van der Waals surface area contributed by atoms with Gasteiger partial charge in [-0.15, -0.1) is 10.2 Å². The second-order valence-electron chi connectivity index (χ2n) is 6.34. The summed E-state index contributed by atoms with van der Waals surface area (Å²) in [5.41, 5.74) is 0.452. The summed E-state index contributed by atoms with van der Waals surface area (Å²) in [6.45, 7) is 3.10. The Bertz CT molecular complexity index is 697. The van der Waals surface area contributed by atoms with Crippen LogP contribution in [0.5, 0.6) is 0 Å².